The van der Waals surface area contributed by atoms with Gasteiger partial charge in [0.2, 0.25) is 5.88 Å². The van der Waals surface area contributed by atoms with Crippen molar-refractivity contribution < 1.29 is 9.84 Å². The van der Waals surface area contributed by atoms with E-state index in [2.05, 4.69) is 4.99 Å². The molecule has 0 aliphatic carbocycles. The average Bonchev–Trinajstić information content (AvgIpc) is 3.14. The van der Waals surface area contributed by atoms with E-state index in [1.165, 1.54) is 4.57 Å². The summed E-state index contributed by atoms with van der Waals surface area (Å²) < 4.78 is 6.93. The number of nitrogens with zero attached hydrogens (tertiary/aromatic N) is 2. The van der Waals surface area contributed by atoms with Crippen molar-refractivity contribution in [2.75, 3.05) is 6.61 Å². The van der Waals surface area contributed by atoms with Gasteiger partial charge < -0.3 is 9.84 Å². The smallest absolute Gasteiger partial charge is 0.310 e. The van der Waals surface area contributed by atoms with E-state index in [9.17, 15) is 9.90 Å². The largest absolute Gasteiger partial charge is 0.493 e. The van der Waals surface area contributed by atoms with Gasteiger partial charge >= 0.3 is 4.87 Å². The van der Waals surface area contributed by atoms with Crippen LogP contribution in [0.25, 0.3) is 11.6 Å². The predicted octanol–water partition coefficient (Wildman–Crippen LogP) is 4.99. The van der Waals surface area contributed by atoms with Crippen LogP contribution in [0.2, 0.25) is 5.02 Å². The number of aromatic nitrogens is 1. The zero-order valence-corrected chi connectivity index (χ0v) is 16.6. The van der Waals surface area contributed by atoms with Crippen LogP contribution in [-0.2, 0) is 6.54 Å². The molecule has 2 heterocycles. The number of hydrogen-bond donors (Lipinski definition) is 1. The molecule has 3 aromatic rings. The van der Waals surface area contributed by atoms with E-state index < -0.39 is 0 Å². The summed E-state index contributed by atoms with van der Waals surface area (Å²) in [6, 6.07) is 14.9. The molecule has 2 aromatic carbocycles. The number of aliphatic imine (C=N–C) groups is 1. The van der Waals surface area contributed by atoms with E-state index in [1.54, 1.807) is 12.1 Å². The lowest BCUT2D eigenvalue weighted by Gasteiger charge is -2.08. The fourth-order valence-corrected chi connectivity index (χ4v) is 4.11. The van der Waals surface area contributed by atoms with Crippen LogP contribution in [-0.4, -0.2) is 22.0 Å². The molecule has 7 heteroatoms. The quantitative estimate of drug-likeness (QED) is 0.641. The van der Waals surface area contributed by atoms with Crippen molar-refractivity contribution in [3.63, 3.8) is 0 Å². The maximum absolute atomic E-state index is 12.4. The van der Waals surface area contributed by atoms with Gasteiger partial charge in [-0.2, -0.15) is 0 Å². The maximum Gasteiger partial charge on any atom is 0.310 e. The molecule has 142 valence electrons. The van der Waals surface area contributed by atoms with Gasteiger partial charge in [0.15, 0.2) is 0 Å². The van der Waals surface area contributed by atoms with Crippen molar-refractivity contribution in [3.8, 4) is 11.6 Å². The molecular weight excluding hydrogens is 396 g/mol. The molecule has 0 radical (unpaired) electrons. The van der Waals surface area contributed by atoms with Gasteiger partial charge in [0.05, 0.1) is 22.1 Å². The molecule has 0 bridgehead atoms. The van der Waals surface area contributed by atoms with Crippen molar-refractivity contribution in [2.45, 2.75) is 13.5 Å². The Balaban J connectivity index is 1.56. The second-order valence-electron chi connectivity index (χ2n) is 6.26. The fraction of sp³-hybridized carbons (Fsp3) is 0.143. The van der Waals surface area contributed by atoms with Crippen molar-refractivity contribution in [2.24, 2.45) is 4.99 Å². The number of benzene rings is 2. The minimum atomic E-state index is -0.243. The van der Waals surface area contributed by atoms with E-state index in [0.29, 0.717) is 15.6 Å². The maximum atomic E-state index is 12.4. The minimum absolute atomic E-state index is 0.0672. The molecule has 1 aromatic heterocycles. The highest BCUT2D eigenvalue weighted by Crippen LogP contribution is 2.37. The molecule has 1 N–H and O–H groups in total. The van der Waals surface area contributed by atoms with Gasteiger partial charge in [-0.25, -0.2) is 0 Å². The predicted molar refractivity (Wildman–Crippen MR) is 114 cm³/mol. The lowest BCUT2D eigenvalue weighted by molar-refractivity contribution is 0.286. The summed E-state index contributed by atoms with van der Waals surface area (Å²) in [7, 11) is 0. The van der Waals surface area contributed by atoms with Crippen LogP contribution in [0, 0.1) is 0 Å². The molecule has 0 amide bonds. The molecule has 0 unspecified atom stereocenters. The van der Waals surface area contributed by atoms with Gasteiger partial charge in [0, 0.05) is 16.8 Å². The van der Waals surface area contributed by atoms with Crippen LogP contribution in [0.3, 0.4) is 0 Å². The van der Waals surface area contributed by atoms with Crippen molar-refractivity contribution in [1.82, 2.24) is 4.57 Å². The van der Waals surface area contributed by atoms with Crippen LogP contribution < -0.4 is 9.61 Å². The Hall–Kier alpha value is -2.83. The number of para-hydroxylation sites is 2. The Kier molecular flexibility index (Phi) is 5.07. The highest BCUT2D eigenvalue weighted by molar-refractivity contribution is 7.10. The summed E-state index contributed by atoms with van der Waals surface area (Å²) in [4.78, 5) is 17.1. The zero-order chi connectivity index (χ0) is 19.7. The van der Waals surface area contributed by atoms with Crippen LogP contribution in [0.1, 0.15) is 17.4 Å². The second-order valence-corrected chi connectivity index (χ2v) is 7.66. The van der Waals surface area contributed by atoms with Gasteiger partial charge in [-0.3, -0.25) is 14.4 Å². The topological polar surface area (TPSA) is 63.8 Å². The van der Waals surface area contributed by atoms with Gasteiger partial charge in [0.1, 0.15) is 12.4 Å². The number of rotatable bonds is 5. The van der Waals surface area contributed by atoms with Crippen molar-refractivity contribution in [3.05, 3.63) is 73.7 Å². The Morgan fingerprint density at radius 1 is 1.21 bits per heavy atom. The molecule has 0 atom stereocenters. The lowest BCUT2D eigenvalue weighted by atomic mass is 10.0. The van der Waals surface area contributed by atoms with E-state index in [0.717, 1.165) is 33.9 Å². The summed E-state index contributed by atoms with van der Waals surface area (Å²) in [5, 5.41) is 11.1. The Morgan fingerprint density at radius 2 is 1.96 bits per heavy atom. The summed E-state index contributed by atoms with van der Waals surface area (Å²) in [5.41, 5.74) is 3.65. The summed E-state index contributed by atoms with van der Waals surface area (Å²) in [6.45, 7) is 2.35. The Bertz CT molecular complexity index is 1160. The number of thiazole rings is 1. The third-order valence-electron chi connectivity index (χ3n) is 4.45. The monoisotopic (exact) mass is 412 g/mol. The SMILES string of the molecule is CC1=Nc2ccccc2/C1=C\c1sc(=O)n(CCOc2ccccc2Cl)c1O. The number of fused-ring (bicyclic) bond motifs is 1. The molecule has 28 heavy (non-hydrogen) atoms. The Labute approximate surface area is 170 Å². The third-order valence-corrected chi connectivity index (χ3v) is 5.68. The molecule has 5 nitrogen and oxygen atoms in total. The normalized spacial score (nSPS) is 14.2. The van der Waals surface area contributed by atoms with Gasteiger partial charge in [0.25, 0.3) is 0 Å². The summed E-state index contributed by atoms with van der Waals surface area (Å²) in [5.74, 6) is 0.478. The number of ether oxygens (including phenoxy) is 1. The van der Waals surface area contributed by atoms with Crippen molar-refractivity contribution >= 4 is 46.0 Å². The molecule has 0 spiro atoms. The number of hydrogen-bond acceptors (Lipinski definition) is 5. The molecule has 4 rings (SSSR count). The number of allylic oxidation sites excluding steroid dienone is 1. The highest BCUT2D eigenvalue weighted by atomic mass is 35.5. The van der Waals surface area contributed by atoms with E-state index >= 15 is 0 Å². The third kappa shape index (κ3) is 3.48. The second kappa shape index (κ2) is 7.66. The van der Waals surface area contributed by atoms with Gasteiger partial charge in [-0.1, -0.05) is 53.3 Å². The van der Waals surface area contributed by atoms with E-state index in [-0.39, 0.29) is 23.9 Å². The molecule has 0 saturated carbocycles. The van der Waals surface area contributed by atoms with Crippen LogP contribution in [0.5, 0.6) is 11.6 Å². The zero-order valence-electron chi connectivity index (χ0n) is 15.1. The molecular formula is C21H17ClN2O3S. The van der Waals surface area contributed by atoms with Gasteiger partial charge in [-0.15, -0.1) is 0 Å². The lowest BCUT2D eigenvalue weighted by Crippen LogP contribution is -2.17. The number of halogens is 1. The van der Waals surface area contributed by atoms with Crippen LogP contribution in [0.15, 0.2) is 58.3 Å². The first-order valence-electron chi connectivity index (χ1n) is 8.71. The van der Waals surface area contributed by atoms with Crippen LogP contribution >= 0.6 is 22.9 Å². The fourth-order valence-electron chi connectivity index (χ4n) is 3.06. The standard InChI is InChI=1S/C21H17ClN2O3S/c1-13-15(14-6-2-4-8-17(14)23-13)12-19-20(25)24(21(26)28-19)10-11-27-18-9-5-3-7-16(18)22/h2-9,12,25H,10-11H2,1H3/b15-12-. The molecule has 1 aliphatic heterocycles. The highest BCUT2D eigenvalue weighted by Gasteiger charge is 2.19. The van der Waals surface area contributed by atoms with Crippen LogP contribution in [0.4, 0.5) is 5.69 Å². The summed E-state index contributed by atoms with van der Waals surface area (Å²) >= 11 is 7.06. The molecule has 0 fully saturated rings. The minimum Gasteiger partial charge on any atom is -0.493 e. The first-order valence-corrected chi connectivity index (χ1v) is 9.90. The first kappa shape index (κ1) is 18.5. The van der Waals surface area contributed by atoms with E-state index in [1.807, 2.05) is 49.4 Å². The van der Waals surface area contributed by atoms with Gasteiger partial charge in [-0.05, 0) is 31.2 Å². The first-order chi connectivity index (χ1) is 13.5. The van der Waals surface area contributed by atoms with E-state index in [4.69, 9.17) is 16.3 Å². The number of aromatic hydroxyl groups is 1. The summed E-state index contributed by atoms with van der Waals surface area (Å²) in [6.07, 6.45) is 1.82. The Morgan fingerprint density at radius 3 is 2.79 bits per heavy atom. The average molecular weight is 413 g/mol. The molecule has 1 aliphatic rings. The molecule has 0 saturated heterocycles. The van der Waals surface area contributed by atoms with Crippen molar-refractivity contribution in [1.29, 1.82) is 0 Å².